The normalized spacial score (nSPS) is 24.4. The van der Waals surface area contributed by atoms with Crippen molar-refractivity contribution in [2.24, 2.45) is 5.73 Å². The molecule has 1 fully saturated rings. The molecule has 0 aromatic heterocycles. The largest absolute Gasteiger partial charge is 0.492 e. The van der Waals surface area contributed by atoms with Crippen molar-refractivity contribution in [2.75, 3.05) is 26.3 Å². The summed E-state index contributed by atoms with van der Waals surface area (Å²) in [5.41, 5.74) is 6.76. The van der Waals surface area contributed by atoms with Crippen LogP contribution in [-0.4, -0.2) is 43.3 Å². The Bertz CT molecular complexity index is 397. The van der Waals surface area contributed by atoms with E-state index in [0.29, 0.717) is 25.3 Å². The van der Waals surface area contributed by atoms with Crippen LogP contribution in [0.15, 0.2) is 24.3 Å². The second-order valence-corrected chi connectivity index (χ2v) is 5.15. The number of nitrogens with zero attached hydrogens (tertiary/aromatic N) is 1. The third-order valence-electron chi connectivity index (χ3n) is 3.57. The SMILES string of the molecule is CC1CN(CCOc2ccccc2CN)C(C)CO1. The van der Waals surface area contributed by atoms with Gasteiger partial charge in [0.2, 0.25) is 0 Å². The maximum absolute atomic E-state index is 5.85. The van der Waals surface area contributed by atoms with Gasteiger partial charge in [0.1, 0.15) is 12.4 Å². The third kappa shape index (κ3) is 3.93. The zero-order chi connectivity index (χ0) is 13.7. The van der Waals surface area contributed by atoms with Crippen molar-refractivity contribution >= 4 is 0 Å². The fourth-order valence-electron chi connectivity index (χ4n) is 2.37. The molecule has 1 saturated heterocycles. The minimum absolute atomic E-state index is 0.313. The summed E-state index contributed by atoms with van der Waals surface area (Å²) in [6.07, 6.45) is 0.313. The van der Waals surface area contributed by atoms with Crippen LogP contribution < -0.4 is 10.5 Å². The zero-order valence-corrected chi connectivity index (χ0v) is 11.8. The van der Waals surface area contributed by atoms with Gasteiger partial charge in [-0.15, -0.1) is 0 Å². The molecule has 2 atom stereocenters. The highest BCUT2D eigenvalue weighted by Gasteiger charge is 2.22. The molecule has 0 bridgehead atoms. The average Bonchev–Trinajstić information content (AvgIpc) is 2.43. The van der Waals surface area contributed by atoms with Crippen LogP contribution in [0.5, 0.6) is 5.75 Å². The van der Waals surface area contributed by atoms with Crippen molar-refractivity contribution in [3.8, 4) is 5.75 Å². The molecule has 0 amide bonds. The van der Waals surface area contributed by atoms with Crippen LogP contribution in [0.2, 0.25) is 0 Å². The smallest absolute Gasteiger partial charge is 0.123 e. The molecule has 1 heterocycles. The van der Waals surface area contributed by atoms with Gasteiger partial charge in [-0.2, -0.15) is 0 Å². The summed E-state index contributed by atoms with van der Waals surface area (Å²) in [4.78, 5) is 2.42. The van der Waals surface area contributed by atoms with E-state index in [4.69, 9.17) is 15.2 Å². The monoisotopic (exact) mass is 264 g/mol. The van der Waals surface area contributed by atoms with Gasteiger partial charge in [-0.05, 0) is 19.9 Å². The van der Waals surface area contributed by atoms with Gasteiger partial charge in [0, 0.05) is 31.2 Å². The predicted molar refractivity (Wildman–Crippen MR) is 76.3 cm³/mol. The van der Waals surface area contributed by atoms with E-state index >= 15 is 0 Å². The molecular weight excluding hydrogens is 240 g/mol. The van der Waals surface area contributed by atoms with Crippen molar-refractivity contribution in [2.45, 2.75) is 32.5 Å². The lowest BCUT2D eigenvalue weighted by Gasteiger charge is -2.36. The summed E-state index contributed by atoms with van der Waals surface area (Å²) in [6, 6.07) is 8.42. The molecule has 1 aliphatic heterocycles. The van der Waals surface area contributed by atoms with E-state index in [2.05, 4.69) is 18.7 Å². The van der Waals surface area contributed by atoms with Crippen LogP contribution in [0.25, 0.3) is 0 Å². The van der Waals surface area contributed by atoms with Crippen LogP contribution in [-0.2, 0) is 11.3 Å². The molecule has 0 saturated carbocycles. The Balaban J connectivity index is 1.82. The van der Waals surface area contributed by atoms with Crippen molar-refractivity contribution in [3.63, 3.8) is 0 Å². The fourth-order valence-corrected chi connectivity index (χ4v) is 2.37. The molecule has 106 valence electrons. The molecule has 4 heteroatoms. The van der Waals surface area contributed by atoms with Gasteiger partial charge in [0.25, 0.3) is 0 Å². The molecule has 1 aromatic rings. The van der Waals surface area contributed by atoms with Gasteiger partial charge in [0.15, 0.2) is 0 Å². The molecule has 2 unspecified atom stereocenters. The highest BCUT2D eigenvalue weighted by atomic mass is 16.5. The number of ether oxygens (including phenoxy) is 2. The third-order valence-corrected chi connectivity index (χ3v) is 3.57. The van der Waals surface area contributed by atoms with Gasteiger partial charge in [0.05, 0.1) is 12.7 Å². The van der Waals surface area contributed by atoms with Gasteiger partial charge in [-0.25, -0.2) is 0 Å². The second kappa shape index (κ2) is 6.89. The second-order valence-electron chi connectivity index (χ2n) is 5.15. The Morgan fingerprint density at radius 2 is 2.16 bits per heavy atom. The number of hydrogen-bond donors (Lipinski definition) is 1. The fraction of sp³-hybridized carbons (Fsp3) is 0.600. The van der Waals surface area contributed by atoms with Crippen LogP contribution in [0.1, 0.15) is 19.4 Å². The molecular formula is C15H24N2O2. The molecule has 2 rings (SSSR count). The molecule has 1 aliphatic rings. The Labute approximate surface area is 115 Å². The van der Waals surface area contributed by atoms with E-state index in [1.807, 2.05) is 24.3 Å². The first-order chi connectivity index (χ1) is 9.20. The average molecular weight is 264 g/mol. The Hall–Kier alpha value is -1.10. The molecule has 0 spiro atoms. The van der Waals surface area contributed by atoms with Crippen LogP contribution in [0.3, 0.4) is 0 Å². The van der Waals surface area contributed by atoms with E-state index in [-0.39, 0.29) is 0 Å². The lowest BCUT2D eigenvalue weighted by molar-refractivity contribution is -0.0522. The van der Waals surface area contributed by atoms with E-state index in [1.54, 1.807) is 0 Å². The summed E-state index contributed by atoms with van der Waals surface area (Å²) in [5.74, 6) is 0.902. The first kappa shape index (κ1) is 14.3. The molecule has 19 heavy (non-hydrogen) atoms. The van der Waals surface area contributed by atoms with Crippen LogP contribution in [0, 0.1) is 0 Å². The predicted octanol–water partition coefficient (Wildman–Crippen LogP) is 1.63. The molecule has 4 nitrogen and oxygen atoms in total. The van der Waals surface area contributed by atoms with Gasteiger partial charge in [-0.1, -0.05) is 18.2 Å². The molecule has 0 aliphatic carbocycles. The van der Waals surface area contributed by atoms with Gasteiger partial charge in [-0.3, -0.25) is 4.90 Å². The first-order valence-electron chi connectivity index (χ1n) is 6.97. The van der Waals surface area contributed by atoms with Crippen molar-refractivity contribution in [1.29, 1.82) is 0 Å². The minimum atomic E-state index is 0.313. The quantitative estimate of drug-likeness (QED) is 0.878. The highest BCUT2D eigenvalue weighted by Crippen LogP contribution is 2.17. The van der Waals surface area contributed by atoms with E-state index in [1.165, 1.54) is 0 Å². The number of rotatable bonds is 5. The topological polar surface area (TPSA) is 47.7 Å². The number of morpholine rings is 1. The van der Waals surface area contributed by atoms with E-state index < -0.39 is 0 Å². The van der Waals surface area contributed by atoms with Crippen molar-refractivity contribution in [3.05, 3.63) is 29.8 Å². The van der Waals surface area contributed by atoms with Gasteiger partial charge < -0.3 is 15.2 Å². The van der Waals surface area contributed by atoms with Crippen molar-refractivity contribution in [1.82, 2.24) is 4.90 Å². The summed E-state index contributed by atoms with van der Waals surface area (Å²) < 4.78 is 11.5. The number of para-hydroxylation sites is 1. The zero-order valence-electron chi connectivity index (χ0n) is 11.8. The molecule has 0 radical (unpaired) electrons. The standard InChI is InChI=1S/C15H24N2O2/c1-12-11-19-13(2)10-17(12)7-8-18-15-6-4-3-5-14(15)9-16/h3-6,12-13H,7-11,16H2,1-2H3. The summed E-state index contributed by atoms with van der Waals surface area (Å²) in [5, 5.41) is 0. The lowest BCUT2D eigenvalue weighted by atomic mass is 10.2. The maximum Gasteiger partial charge on any atom is 0.123 e. The molecule has 1 aromatic carbocycles. The minimum Gasteiger partial charge on any atom is -0.492 e. The Kier molecular flexibility index (Phi) is 5.19. The summed E-state index contributed by atoms with van der Waals surface area (Å²) in [7, 11) is 0. The summed E-state index contributed by atoms with van der Waals surface area (Å²) in [6.45, 7) is 8.22. The molecule has 2 N–H and O–H groups in total. The lowest BCUT2D eigenvalue weighted by Crippen LogP contribution is -2.48. The number of nitrogens with two attached hydrogens (primary N) is 1. The van der Waals surface area contributed by atoms with Crippen LogP contribution in [0.4, 0.5) is 0 Å². The van der Waals surface area contributed by atoms with E-state index in [0.717, 1.165) is 31.0 Å². The highest BCUT2D eigenvalue weighted by molar-refractivity contribution is 5.32. The number of hydrogen-bond acceptors (Lipinski definition) is 4. The Morgan fingerprint density at radius 1 is 1.37 bits per heavy atom. The number of benzene rings is 1. The van der Waals surface area contributed by atoms with E-state index in [9.17, 15) is 0 Å². The maximum atomic E-state index is 5.85. The Morgan fingerprint density at radius 3 is 2.95 bits per heavy atom. The first-order valence-corrected chi connectivity index (χ1v) is 6.97. The van der Waals surface area contributed by atoms with Crippen LogP contribution >= 0.6 is 0 Å². The van der Waals surface area contributed by atoms with Crippen molar-refractivity contribution < 1.29 is 9.47 Å². The summed E-state index contributed by atoms with van der Waals surface area (Å²) >= 11 is 0. The van der Waals surface area contributed by atoms with Gasteiger partial charge >= 0.3 is 0 Å².